The Kier molecular flexibility index (Phi) is 5.93. The number of carbonyl (C=O) groups is 2. The second-order valence-electron chi connectivity index (χ2n) is 8.08. The van der Waals surface area contributed by atoms with Crippen LogP contribution < -0.4 is 14.8 Å². The summed E-state index contributed by atoms with van der Waals surface area (Å²) in [4.78, 5) is 27.3. The number of ether oxygens (including phenoxy) is 2. The zero-order chi connectivity index (χ0) is 21.1. The monoisotopic (exact) mass is 408 g/mol. The van der Waals surface area contributed by atoms with Crippen molar-refractivity contribution in [3.8, 4) is 11.5 Å². The molecular weight excluding hydrogens is 380 g/mol. The molecule has 0 spiro atoms. The zero-order valence-electron chi connectivity index (χ0n) is 17.6. The summed E-state index contributed by atoms with van der Waals surface area (Å²) in [5.74, 6) is 1.64. The van der Waals surface area contributed by atoms with Gasteiger partial charge in [0.05, 0.1) is 0 Å². The third kappa shape index (κ3) is 4.42. The van der Waals surface area contributed by atoms with Crippen molar-refractivity contribution < 1.29 is 19.1 Å². The molecule has 2 aliphatic rings. The summed E-state index contributed by atoms with van der Waals surface area (Å²) in [5.41, 5.74) is 3.96. The van der Waals surface area contributed by atoms with Gasteiger partial charge in [0.1, 0.15) is 13.2 Å². The van der Waals surface area contributed by atoms with Crippen LogP contribution in [0.3, 0.4) is 0 Å². The van der Waals surface area contributed by atoms with Crippen LogP contribution in [0.15, 0.2) is 36.4 Å². The summed E-state index contributed by atoms with van der Waals surface area (Å²) in [7, 11) is 0. The van der Waals surface area contributed by atoms with Crippen LogP contribution in [-0.2, 0) is 6.54 Å². The van der Waals surface area contributed by atoms with Crippen molar-refractivity contribution >= 4 is 11.8 Å². The molecule has 6 nitrogen and oxygen atoms in total. The number of rotatable bonds is 4. The molecule has 0 bridgehead atoms. The summed E-state index contributed by atoms with van der Waals surface area (Å²) in [6.07, 6.45) is 1.40. The highest BCUT2D eigenvalue weighted by atomic mass is 16.6. The van der Waals surface area contributed by atoms with Crippen LogP contribution in [0.5, 0.6) is 11.5 Å². The van der Waals surface area contributed by atoms with Crippen LogP contribution in [-0.4, -0.2) is 43.0 Å². The number of carbonyl (C=O) groups excluding carboxylic acids is 2. The summed E-state index contributed by atoms with van der Waals surface area (Å²) in [6, 6.07) is 11.6. The third-order valence-corrected chi connectivity index (χ3v) is 5.85. The van der Waals surface area contributed by atoms with E-state index >= 15 is 0 Å². The summed E-state index contributed by atoms with van der Waals surface area (Å²) >= 11 is 0. The normalized spacial score (nSPS) is 16.3. The van der Waals surface area contributed by atoms with Gasteiger partial charge in [0.2, 0.25) is 0 Å². The first kappa shape index (κ1) is 20.3. The molecule has 2 heterocycles. The average molecular weight is 408 g/mol. The molecule has 0 aromatic heterocycles. The van der Waals surface area contributed by atoms with E-state index < -0.39 is 0 Å². The predicted molar refractivity (Wildman–Crippen MR) is 114 cm³/mol. The molecule has 2 aliphatic heterocycles. The molecule has 2 amide bonds. The fraction of sp³-hybridized carbons (Fsp3) is 0.417. The number of amides is 2. The highest BCUT2D eigenvalue weighted by molar-refractivity contribution is 5.99. The van der Waals surface area contributed by atoms with Gasteiger partial charge in [0.25, 0.3) is 0 Å². The number of benzene rings is 2. The van der Waals surface area contributed by atoms with Crippen molar-refractivity contribution in [3.05, 3.63) is 58.7 Å². The van der Waals surface area contributed by atoms with E-state index in [2.05, 4.69) is 5.32 Å². The first-order valence-corrected chi connectivity index (χ1v) is 10.5. The molecule has 0 saturated carbocycles. The van der Waals surface area contributed by atoms with Gasteiger partial charge in [-0.15, -0.1) is 0 Å². The van der Waals surface area contributed by atoms with Crippen molar-refractivity contribution in [2.24, 2.45) is 5.92 Å². The second-order valence-corrected chi connectivity index (χ2v) is 8.08. The van der Waals surface area contributed by atoms with Gasteiger partial charge in [-0.3, -0.25) is 4.79 Å². The molecule has 30 heavy (non-hydrogen) atoms. The number of fused-ring (bicyclic) bond motifs is 1. The lowest BCUT2D eigenvalue weighted by Gasteiger charge is -2.31. The van der Waals surface area contributed by atoms with Gasteiger partial charge in [-0.25, -0.2) is 4.79 Å². The van der Waals surface area contributed by atoms with Crippen molar-refractivity contribution in [1.29, 1.82) is 0 Å². The predicted octanol–water partition coefficient (Wildman–Crippen LogP) is 3.88. The molecule has 0 radical (unpaired) electrons. The number of Topliss-reactive ketones (excluding diaryl/α,β-unsaturated/α-hetero) is 1. The molecule has 0 atom stereocenters. The smallest absolute Gasteiger partial charge is 0.317 e. The molecule has 1 saturated heterocycles. The van der Waals surface area contributed by atoms with Crippen molar-refractivity contribution in [2.45, 2.75) is 33.2 Å². The Morgan fingerprint density at radius 2 is 1.73 bits per heavy atom. The molecule has 2 aromatic rings. The lowest BCUT2D eigenvalue weighted by Crippen LogP contribution is -2.45. The Morgan fingerprint density at radius 3 is 2.47 bits per heavy atom. The minimum Gasteiger partial charge on any atom is -0.486 e. The lowest BCUT2D eigenvalue weighted by atomic mass is 9.87. The Labute approximate surface area is 177 Å². The van der Waals surface area contributed by atoms with Gasteiger partial charge in [-0.2, -0.15) is 0 Å². The molecule has 1 N–H and O–H groups in total. The molecule has 6 heteroatoms. The maximum absolute atomic E-state index is 12.9. The average Bonchev–Trinajstić information content (AvgIpc) is 2.77. The number of hydrogen-bond donors (Lipinski definition) is 1. The van der Waals surface area contributed by atoms with Crippen LogP contribution in [0.1, 0.15) is 39.9 Å². The van der Waals surface area contributed by atoms with Crippen LogP contribution in [0.25, 0.3) is 0 Å². The number of aryl methyl sites for hydroxylation is 2. The Morgan fingerprint density at radius 1 is 1.00 bits per heavy atom. The molecule has 1 fully saturated rings. The van der Waals surface area contributed by atoms with Gasteiger partial charge in [0, 0.05) is 31.1 Å². The van der Waals surface area contributed by atoms with Gasteiger partial charge in [-0.1, -0.05) is 29.8 Å². The molecule has 2 aromatic carbocycles. The summed E-state index contributed by atoms with van der Waals surface area (Å²) < 4.78 is 11.1. The maximum Gasteiger partial charge on any atom is 0.317 e. The third-order valence-electron chi connectivity index (χ3n) is 5.85. The number of nitrogens with one attached hydrogen (secondary N) is 1. The topological polar surface area (TPSA) is 67.9 Å². The number of nitrogens with zero attached hydrogens (tertiary/aromatic N) is 1. The highest BCUT2D eigenvalue weighted by Crippen LogP contribution is 2.30. The molecule has 158 valence electrons. The molecule has 4 rings (SSSR count). The number of likely N-dealkylation sites (tertiary alicyclic amines) is 1. The van der Waals surface area contributed by atoms with E-state index in [-0.39, 0.29) is 17.7 Å². The molecule has 0 aliphatic carbocycles. The SMILES string of the molecule is Cc1ccc(C(=O)C2CCN(C(=O)NCc3ccc4c(c3)OCCO4)CC2)c(C)c1. The van der Waals surface area contributed by atoms with Crippen LogP contribution in [0.4, 0.5) is 4.79 Å². The van der Waals surface area contributed by atoms with E-state index in [4.69, 9.17) is 9.47 Å². The highest BCUT2D eigenvalue weighted by Gasteiger charge is 2.28. The quantitative estimate of drug-likeness (QED) is 0.780. The fourth-order valence-corrected chi connectivity index (χ4v) is 4.14. The Hall–Kier alpha value is -3.02. The minimum absolute atomic E-state index is 0.0201. The van der Waals surface area contributed by atoms with Gasteiger partial charge in [0.15, 0.2) is 17.3 Å². The Bertz CT molecular complexity index is 948. The Balaban J connectivity index is 1.28. The summed E-state index contributed by atoms with van der Waals surface area (Å²) in [5, 5.41) is 2.97. The van der Waals surface area contributed by atoms with E-state index in [1.54, 1.807) is 4.90 Å². The van der Waals surface area contributed by atoms with Gasteiger partial charge >= 0.3 is 6.03 Å². The number of hydrogen-bond acceptors (Lipinski definition) is 4. The van der Waals surface area contributed by atoms with E-state index in [0.717, 1.165) is 33.8 Å². The van der Waals surface area contributed by atoms with E-state index in [1.165, 1.54) is 0 Å². The van der Waals surface area contributed by atoms with E-state index in [0.29, 0.717) is 45.7 Å². The number of piperidine rings is 1. The first-order valence-electron chi connectivity index (χ1n) is 10.5. The number of ketones is 1. The van der Waals surface area contributed by atoms with E-state index in [1.807, 2.05) is 50.2 Å². The fourth-order valence-electron chi connectivity index (χ4n) is 4.14. The number of urea groups is 1. The van der Waals surface area contributed by atoms with Crippen LogP contribution in [0.2, 0.25) is 0 Å². The largest absolute Gasteiger partial charge is 0.486 e. The maximum atomic E-state index is 12.9. The standard InChI is InChI=1S/C24H28N2O4/c1-16-3-5-20(17(2)13-16)23(27)19-7-9-26(10-8-19)24(28)25-15-18-4-6-21-22(14-18)30-12-11-29-21/h3-6,13-14,19H,7-12,15H2,1-2H3,(H,25,28). The molecule has 0 unspecified atom stereocenters. The second kappa shape index (κ2) is 8.78. The summed E-state index contributed by atoms with van der Waals surface area (Å²) in [6.45, 7) is 6.73. The minimum atomic E-state index is -0.0951. The lowest BCUT2D eigenvalue weighted by molar-refractivity contribution is 0.0854. The van der Waals surface area contributed by atoms with Crippen LogP contribution in [0, 0.1) is 19.8 Å². The van der Waals surface area contributed by atoms with Crippen LogP contribution >= 0.6 is 0 Å². The van der Waals surface area contributed by atoms with Gasteiger partial charge < -0.3 is 19.7 Å². The van der Waals surface area contributed by atoms with Crippen molar-refractivity contribution in [3.63, 3.8) is 0 Å². The van der Waals surface area contributed by atoms with Crippen molar-refractivity contribution in [2.75, 3.05) is 26.3 Å². The molecular formula is C24H28N2O4. The van der Waals surface area contributed by atoms with E-state index in [9.17, 15) is 9.59 Å². The van der Waals surface area contributed by atoms with Crippen molar-refractivity contribution in [1.82, 2.24) is 10.2 Å². The first-order chi connectivity index (χ1) is 14.5. The van der Waals surface area contributed by atoms with Gasteiger partial charge in [-0.05, 0) is 49.9 Å². The zero-order valence-corrected chi connectivity index (χ0v) is 17.6.